The smallest absolute Gasteiger partial charge is 0.226 e. The number of hydrogen-bond donors (Lipinski definition) is 1. The molecule has 0 saturated heterocycles. The number of aromatic nitrogens is 2. The van der Waals surface area contributed by atoms with Gasteiger partial charge in [-0.2, -0.15) is 4.98 Å². The Morgan fingerprint density at radius 3 is 2.53 bits per heavy atom. The largest absolute Gasteiger partial charge is 0.439 e. The van der Waals surface area contributed by atoms with Crippen molar-refractivity contribution in [3.05, 3.63) is 41.6 Å². The van der Waals surface area contributed by atoms with Crippen molar-refractivity contribution in [3.63, 3.8) is 0 Å². The summed E-state index contributed by atoms with van der Waals surface area (Å²) >= 11 is 0. The van der Waals surface area contributed by atoms with E-state index in [2.05, 4.69) is 22.2 Å². The fourth-order valence-corrected chi connectivity index (χ4v) is 1.63. The van der Waals surface area contributed by atoms with E-state index in [1.165, 1.54) is 5.56 Å². The molecule has 4 nitrogen and oxygen atoms in total. The van der Waals surface area contributed by atoms with Crippen molar-refractivity contribution in [2.45, 2.75) is 27.2 Å². The van der Waals surface area contributed by atoms with Gasteiger partial charge in [0.1, 0.15) is 5.75 Å². The summed E-state index contributed by atoms with van der Waals surface area (Å²) in [5.74, 6) is 1.96. The lowest BCUT2D eigenvalue weighted by Gasteiger charge is -2.08. The molecule has 0 unspecified atom stereocenters. The Labute approximate surface area is 113 Å². The van der Waals surface area contributed by atoms with Gasteiger partial charge in [-0.15, -0.1) is 0 Å². The van der Waals surface area contributed by atoms with E-state index < -0.39 is 0 Å². The van der Waals surface area contributed by atoms with Crippen molar-refractivity contribution in [3.8, 4) is 11.6 Å². The number of nitrogens with zero attached hydrogens (tertiary/aromatic N) is 2. The van der Waals surface area contributed by atoms with E-state index in [1.54, 1.807) is 0 Å². The second-order valence-electron chi connectivity index (χ2n) is 4.51. The minimum absolute atomic E-state index is 0.565. The zero-order chi connectivity index (χ0) is 13.7. The number of anilines is 1. The number of rotatable bonds is 5. The first kappa shape index (κ1) is 13.3. The van der Waals surface area contributed by atoms with E-state index in [-0.39, 0.29) is 0 Å². The van der Waals surface area contributed by atoms with Crippen molar-refractivity contribution < 1.29 is 4.74 Å². The molecular formula is C15H19N3O. The van der Waals surface area contributed by atoms with Crippen LogP contribution in [0.4, 0.5) is 5.95 Å². The van der Waals surface area contributed by atoms with E-state index in [1.807, 2.05) is 44.2 Å². The van der Waals surface area contributed by atoms with Crippen molar-refractivity contribution in [2.24, 2.45) is 0 Å². The predicted octanol–water partition coefficient (Wildman–Crippen LogP) is 3.71. The fraction of sp³-hybridized carbons (Fsp3) is 0.333. The zero-order valence-corrected chi connectivity index (χ0v) is 11.6. The SMILES string of the molecule is CCCNc1nc(C)cc(Oc2ccc(C)cc2)n1. The van der Waals surface area contributed by atoms with Crippen LogP contribution < -0.4 is 10.1 Å². The normalized spacial score (nSPS) is 10.3. The summed E-state index contributed by atoms with van der Waals surface area (Å²) in [6.45, 7) is 6.94. The molecule has 0 amide bonds. The first-order valence-corrected chi connectivity index (χ1v) is 6.51. The Morgan fingerprint density at radius 2 is 1.84 bits per heavy atom. The Morgan fingerprint density at radius 1 is 1.11 bits per heavy atom. The Kier molecular flexibility index (Phi) is 4.34. The van der Waals surface area contributed by atoms with Crippen LogP contribution in [0.15, 0.2) is 30.3 Å². The topological polar surface area (TPSA) is 47.0 Å². The number of aryl methyl sites for hydroxylation is 2. The van der Waals surface area contributed by atoms with Gasteiger partial charge >= 0.3 is 0 Å². The van der Waals surface area contributed by atoms with Gasteiger partial charge in [0, 0.05) is 18.3 Å². The third kappa shape index (κ3) is 3.95. The lowest BCUT2D eigenvalue weighted by molar-refractivity contribution is 0.461. The molecular weight excluding hydrogens is 238 g/mol. The third-order valence-corrected chi connectivity index (χ3v) is 2.61. The quantitative estimate of drug-likeness (QED) is 0.887. The van der Waals surface area contributed by atoms with Gasteiger partial charge in [0.2, 0.25) is 11.8 Å². The van der Waals surface area contributed by atoms with Crippen LogP contribution in [0, 0.1) is 13.8 Å². The molecule has 0 fully saturated rings. The number of nitrogens with one attached hydrogen (secondary N) is 1. The van der Waals surface area contributed by atoms with Gasteiger partial charge in [-0.25, -0.2) is 4.98 Å². The van der Waals surface area contributed by atoms with Crippen LogP contribution in [0.5, 0.6) is 11.6 Å². The van der Waals surface area contributed by atoms with Crippen molar-refractivity contribution in [2.75, 3.05) is 11.9 Å². The molecule has 0 bridgehead atoms. The van der Waals surface area contributed by atoms with E-state index in [0.29, 0.717) is 11.8 Å². The lowest BCUT2D eigenvalue weighted by Crippen LogP contribution is -2.05. The monoisotopic (exact) mass is 257 g/mol. The highest BCUT2D eigenvalue weighted by atomic mass is 16.5. The minimum Gasteiger partial charge on any atom is -0.439 e. The summed E-state index contributed by atoms with van der Waals surface area (Å²) in [7, 11) is 0. The maximum Gasteiger partial charge on any atom is 0.226 e. The molecule has 0 radical (unpaired) electrons. The maximum atomic E-state index is 5.74. The maximum absolute atomic E-state index is 5.74. The van der Waals surface area contributed by atoms with Gasteiger partial charge in [0.15, 0.2) is 0 Å². The fourth-order valence-electron chi connectivity index (χ4n) is 1.63. The third-order valence-electron chi connectivity index (χ3n) is 2.61. The summed E-state index contributed by atoms with van der Waals surface area (Å²) in [6.07, 6.45) is 1.03. The highest BCUT2D eigenvalue weighted by Crippen LogP contribution is 2.21. The summed E-state index contributed by atoms with van der Waals surface area (Å²) < 4.78 is 5.74. The number of ether oxygens (including phenoxy) is 1. The van der Waals surface area contributed by atoms with Crippen molar-refractivity contribution >= 4 is 5.95 Å². The van der Waals surface area contributed by atoms with Crippen LogP contribution in [0.25, 0.3) is 0 Å². The molecule has 1 aromatic carbocycles. The standard InChI is InChI=1S/C15H19N3O/c1-4-9-16-15-17-12(3)10-14(18-15)19-13-7-5-11(2)6-8-13/h5-8,10H,4,9H2,1-3H3,(H,16,17,18). The van der Waals surface area contributed by atoms with Crippen molar-refractivity contribution in [1.82, 2.24) is 9.97 Å². The predicted molar refractivity (Wildman–Crippen MR) is 76.8 cm³/mol. The molecule has 19 heavy (non-hydrogen) atoms. The van der Waals surface area contributed by atoms with E-state index in [0.717, 1.165) is 24.4 Å². The highest BCUT2D eigenvalue weighted by Gasteiger charge is 2.04. The molecule has 0 spiro atoms. The van der Waals surface area contributed by atoms with Crippen LogP contribution in [-0.2, 0) is 0 Å². The summed E-state index contributed by atoms with van der Waals surface area (Å²) in [5.41, 5.74) is 2.09. The van der Waals surface area contributed by atoms with Crippen LogP contribution >= 0.6 is 0 Å². The van der Waals surface area contributed by atoms with Gasteiger partial charge in [0.05, 0.1) is 0 Å². The van der Waals surface area contributed by atoms with Crippen LogP contribution in [0.3, 0.4) is 0 Å². The van der Waals surface area contributed by atoms with Crippen LogP contribution in [0.1, 0.15) is 24.6 Å². The molecule has 0 aliphatic heterocycles. The van der Waals surface area contributed by atoms with E-state index in [9.17, 15) is 0 Å². The Hall–Kier alpha value is -2.10. The average molecular weight is 257 g/mol. The van der Waals surface area contributed by atoms with Gasteiger partial charge in [-0.1, -0.05) is 24.6 Å². The summed E-state index contributed by atoms with van der Waals surface area (Å²) in [6, 6.07) is 9.73. The molecule has 2 rings (SSSR count). The molecule has 1 N–H and O–H groups in total. The molecule has 1 heterocycles. The summed E-state index contributed by atoms with van der Waals surface area (Å²) in [5, 5.41) is 3.17. The average Bonchev–Trinajstić information content (AvgIpc) is 2.38. The van der Waals surface area contributed by atoms with Crippen molar-refractivity contribution in [1.29, 1.82) is 0 Å². The van der Waals surface area contributed by atoms with Gasteiger partial charge in [-0.3, -0.25) is 0 Å². The molecule has 2 aromatic rings. The molecule has 0 atom stereocenters. The first-order chi connectivity index (χ1) is 9.17. The highest BCUT2D eigenvalue weighted by molar-refractivity contribution is 5.34. The molecule has 0 aliphatic carbocycles. The molecule has 1 aromatic heterocycles. The number of benzene rings is 1. The zero-order valence-electron chi connectivity index (χ0n) is 11.6. The first-order valence-electron chi connectivity index (χ1n) is 6.51. The molecule has 100 valence electrons. The van der Waals surface area contributed by atoms with E-state index in [4.69, 9.17) is 4.74 Å². The van der Waals surface area contributed by atoms with E-state index >= 15 is 0 Å². The van der Waals surface area contributed by atoms with Crippen LogP contribution in [-0.4, -0.2) is 16.5 Å². The molecule has 0 aliphatic rings. The lowest BCUT2D eigenvalue weighted by atomic mass is 10.2. The second kappa shape index (κ2) is 6.18. The Balaban J connectivity index is 2.15. The van der Waals surface area contributed by atoms with Gasteiger partial charge in [-0.05, 0) is 32.4 Å². The van der Waals surface area contributed by atoms with Gasteiger partial charge < -0.3 is 10.1 Å². The minimum atomic E-state index is 0.565. The molecule has 0 saturated carbocycles. The Bertz CT molecular complexity index is 538. The van der Waals surface area contributed by atoms with Gasteiger partial charge in [0.25, 0.3) is 0 Å². The van der Waals surface area contributed by atoms with Crippen LogP contribution in [0.2, 0.25) is 0 Å². The summed E-state index contributed by atoms with van der Waals surface area (Å²) in [4.78, 5) is 8.67. The number of hydrogen-bond acceptors (Lipinski definition) is 4. The second-order valence-corrected chi connectivity index (χ2v) is 4.51. The molecule has 4 heteroatoms.